The Kier molecular flexibility index (Phi) is 4.72. The highest BCUT2D eigenvalue weighted by atomic mass is 19.1. The van der Waals surface area contributed by atoms with Crippen LogP contribution in [0.15, 0.2) is 18.2 Å². The number of aliphatic hydroxyl groups is 1. The Morgan fingerprint density at radius 3 is 2.73 bits per heavy atom. The van der Waals surface area contributed by atoms with Gasteiger partial charge in [0.15, 0.2) is 0 Å². The average molecular weight is 211 g/mol. The van der Waals surface area contributed by atoms with Crippen LogP contribution in [0.25, 0.3) is 0 Å². The van der Waals surface area contributed by atoms with Crippen molar-refractivity contribution in [2.45, 2.75) is 19.8 Å². The maximum absolute atomic E-state index is 13.0. The number of benzene rings is 1. The van der Waals surface area contributed by atoms with Gasteiger partial charge in [0.25, 0.3) is 0 Å². The zero-order valence-electron chi connectivity index (χ0n) is 9.04. The Labute approximate surface area is 89.9 Å². The summed E-state index contributed by atoms with van der Waals surface area (Å²) in [4.78, 5) is 0. The average Bonchev–Trinajstić information content (AvgIpc) is 2.24. The third kappa shape index (κ3) is 3.61. The molecule has 3 heteroatoms. The molecule has 0 fully saturated rings. The molecule has 15 heavy (non-hydrogen) atoms. The second-order valence-electron chi connectivity index (χ2n) is 3.91. The molecule has 0 spiro atoms. The number of halogens is 1. The fourth-order valence-corrected chi connectivity index (χ4v) is 1.52. The molecule has 84 valence electrons. The molecule has 0 amide bonds. The second kappa shape index (κ2) is 5.83. The molecule has 0 aliphatic carbocycles. The molecule has 0 bridgehead atoms. The van der Waals surface area contributed by atoms with Crippen LogP contribution in [0.3, 0.4) is 0 Å². The summed E-state index contributed by atoms with van der Waals surface area (Å²) in [6, 6.07) is 5.12. The minimum Gasteiger partial charge on any atom is -0.396 e. The van der Waals surface area contributed by atoms with Gasteiger partial charge in [0.2, 0.25) is 0 Å². The van der Waals surface area contributed by atoms with E-state index in [0.717, 1.165) is 18.4 Å². The Bertz CT molecular complexity index is 310. The van der Waals surface area contributed by atoms with Gasteiger partial charge in [-0.15, -0.1) is 0 Å². The van der Waals surface area contributed by atoms with E-state index in [4.69, 9.17) is 10.8 Å². The number of aliphatic hydroxyl groups excluding tert-OH is 1. The Hall–Kier alpha value is -0.930. The normalized spacial score (nSPS) is 12.8. The molecule has 2 nitrogen and oxygen atoms in total. The lowest BCUT2D eigenvalue weighted by molar-refractivity contribution is 0.223. The molecule has 1 unspecified atom stereocenters. The molecule has 0 radical (unpaired) electrons. The van der Waals surface area contributed by atoms with Crippen LogP contribution >= 0.6 is 0 Å². The van der Waals surface area contributed by atoms with Crippen LogP contribution in [-0.2, 0) is 6.42 Å². The van der Waals surface area contributed by atoms with Crippen LogP contribution in [-0.4, -0.2) is 18.3 Å². The van der Waals surface area contributed by atoms with Crippen LogP contribution in [0.2, 0.25) is 0 Å². The van der Waals surface area contributed by atoms with E-state index in [-0.39, 0.29) is 18.3 Å². The first kappa shape index (κ1) is 12.1. The van der Waals surface area contributed by atoms with Crippen LogP contribution in [0, 0.1) is 18.7 Å². The summed E-state index contributed by atoms with van der Waals surface area (Å²) < 4.78 is 13.0. The minimum atomic E-state index is -0.170. The highest BCUT2D eigenvalue weighted by Crippen LogP contribution is 2.13. The largest absolute Gasteiger partial charge is 0.396 e. The summed E-state index contributed by atoms with van der Waals surface area (Å²) in [5.41, 5.74) is 7.25. The highest BCUT2D eigenvalue weighted by Gasteiger charge is 2.06. The molecule has 1 aromatic carbocycles. The third-order valence-electron chi connectivity index (χ3n) is 2.66. The van der Waals surface area contributed by atoms with Crippen LogP contribution in [0.1, 0.15) is 17.5 Å². The first-order valence-corrected chi connectivity index (χ1v) is 5.23. The molecular weight excluding hydrogens is 193 g/mol. The SMILES string of the molecule is Cc1cc(CCC(CN)CO)ccc1F. The summed E-state index contributed by atoms with van der Waals surface area (Å²) in [5.74, 6) is -0.0216. The molecule has 1 aromatic rings. The van der Waals surface area contributed by atoms with Crippen molar-refractivity contribution in [2.24, 2.45) is 11.7 Å². The number of aryl methyl sites for hydroxylation is 2. The van der Waals surface area contributed by atoms with Gasteiger partial charge in [0, 0.05) is 6.61 Å². The zero-order valence-corrected chi connectivity index (χ0v) is 9.04. The molecule has 0 aromatic heterocycles. The number of rotatable bonds is 5. The Morgan fingerprint density at radius 2 is 2.20 bits per heavy atom. The van der Waals surface area contributed by atoms with Gasteiger partial charge >= 0.3 is 0 Å². The van der Waals surface area contributed by atoms with Crippen molar-refractivity contribution in [2.75, 3.05) is 13.2 Å². The Balaban J connectivity index is 2.54. The van der Waals surface area contributed by atoms with E-state index in [1.165, 1.54) is 6.07 Å². The Morgan fingerprint density at radius 1 is 1.47 bits per heavy atom. The lowest BCUT2D eigenvalue weighted by Crippen LogP contribution is -2.18. The third-order valence-corrected chi connectivity index (χ3v) is 2.66. The second-order valence-corrected chi connectivity index (χ2v) is 3.91. The lowest BCUT2D eigenvalue weighted by atomic mass is 9.99. The summed E-state index contributed by atoms with van der Waals surface area (Å²) >= 11 is 0. The maximum Gasteiger partial charge on any atom is 0.126 e. The predicted molar refractivity (Wildman–Crippen MR) is 59.1 cm³/mol. The first-order valence-electron chi connectivity index (χ1n) is 5.23. The highest BCUT2D eigenvalue weighted by molar-refractivity contribution is 5.23. The smallest absolute Gasteiger partial charge is 0.126 e. The van der Waals surface area contributed by atoms with E-state index in [9.17, 15) is 4.39 Å². The molecular formula is C12H18FNO. The van der Waals surface area contributed by atoms with Gasteiger partial charge in [-0.3, -0.25) is 0 Å². The van der Waals surface area contributed by atoms with Crippen molar-refractivity contribution in [3.05, 3.63) is 35.1 Å². The predicted octanol–water partition coefficient (Wildman–Crippen LogP) is 1.63. The number of hydrogen-bond donors (Lipinski definition) is 2. The van der Waals surface area contributed by atoms with E-state index in [1.54, 1.807) is 13.0 Å². The van der Waals surface area contributed by atoms with E-state index in [2.05, 4.69) is 0 Å². The molecule has 1 atom stereocenters. The van der Waals surface area contributed by atoms with Gasteiger partial charge in [-0.1, -0.05) is 12.1 Å². The van der Waals surface area contributed by atoms with E-state index < -0.39 is 0 Å². The van der Waals surface area contributed by atoms with Gasteiger partial charge < -0.3 is 10.8 Å². The van der Waals surface area contributed by atoms with Crippen LogP contribution in [0.5, 0.6) is 0 Å². The topological polar surface area (TPSA) is 46.2 Å². The summed E-state index contributed by atoms with van der Waals surface area (Å²) in [5, 5.41) is 8.96. The molecule has 1 rings (SSSR count). The minimum absolute atomic E-state index is 0.122. The number of hydrogen-bond acceptors (Lipinski definition) is 2. The molecule has 0 saturated carbocycles. The molecule has 0 aliphatic rings. The summed E-state index contributed by atoms with van der Waals surface area (Å²) in [6.07, 6.45) is 1.68. The van der Waals surface area contributed by atoms with Gasteiger partial charge in [-0.2, -0.15) is 0 Å². The molecule has 0 heterocycles. The standard InChI is InChI=1S/C12H18FNO/c1-9-6-10(4-5-12(9)13)2-3-11(7-14)8-15/h4-6,11,15H,2-3,7-8,14H2,1H3. The molecule has 3 N–H and O–H groups in total. The number of nitrogens with two attached hydrogens (primary N) is 1. The fourth-order valence-electron chi connectivity index (χ4n) is 1.52. The van der Waals surface area contributed by atoms with Crippen molar-refractivity contribution in [1.82, 2.24) is 0 Å². The molecule has 0 aliphatic heterocycles. The monoisotopic (exact) mass is 211 g/mol. The summed E-state index contributed by atoms with van der Waals surface area (Å²) in [7, 11) is 0. The lowest BCUT2D eigenvalue weighted by Gasteiger charge is -2.11. The van der Waals surface area contributed by atoms with Crippen molar-refractivity contribution >= 4 is 0 Å². The molecule has 0 saturated heterocycles. The van der Waals surface area contributed by atoms with Gasteiger partial charge in [0.1, 0.15) is 5.82 Å². The zero-order chi connectivity index (χ0) is 11.3. The van der Waals surface area contributed by atoms with Gasteiger partial charge in [-0.25, -0.2) is 4.39 Å². The quantitative estimate of drug-likeness (QED) is 0.777. The summed E-state index contributed by atoms with van der Waals surface area (Å²) in [6.45, 7) is 2.37. The van der Waals surface area contributed by atoms with Gasteiger partial charge in [0.05, 0.1) is 0 Å². The first-order chi connectivity index (χ1) is 7.17. The van der Waals surface area contributed by atoms with E-state index in [1.807, 2.05) is 6.07 Å². The van der Waals surface area contributed by atoms with Crippen molar-refractivity contribution in [3.8, 4) is 0 Å². The van der Waals surface area contributed by atoms with Gasteiger partial charge in [-0.05, 0) is 49.4 Å². The van der Waals surface area contributed by atoms with Crippen LogP contribution in [0.4, 0.5) is 4.39 Å². The van der Waals surface area contributed by atoms with Crippen LogP contribution < -0.4 is 5.73 Å². The van der Waals surface area contributed by atoms with E-state index in [0.29, 0.717) is 12.1 Å². The fraction of sp³-hybridized carbons (Fsp3) is 0.500. The van der Waals surface area contributed by atoms with Crippen molar-refractivity contribution in [1.29, 1.82) is 0 Å². The van der Waals surface area contributed by atoms with Crippen molar-refractivity contribution < 1.29 is 9.50 Å². The maximum atomic E-state index is 13.0. The van der Waals surface area contributed by atoms with Crippen molar-refractivity contribution in [3.63, 3.8) is 0 Å². The van der Waals surface area contributed by atoms with E-state index >= 15 is 0 Å².